The summed E-state index contributed by atoms with van der Waals surface area (Å²) in [6.07, 6.45) is 0. The second kappa shape index (κ2) is 7.15. The monoisotopic (exact) mass is 278 g/mol. The number of phenolic OH excluding ortho intramolecular Hbond substituents is 2. The third kappa shape index (κ3) is 4.39. The first-order chi connectivity index (χ1) is 10.2. The van der Waals surface area contributed by atoms with Gasteiger partial charge in [-0.1, -0.05) is 60.7 Å². The van der Waals surface area contributed by atoms with Crippen molar-refractivity contribution in [3.05, 3.63) is 84.4 Å². The number of hydrogen-bond acceptors (Lipinski definition) is 2. The predicted molar refractivity (Wildman–Crippen MR) is 86.4 cm³/mol. The third-order valence-electron chi connectivity index (χ3n) is 3.06. The second-order valence-electron chi connectivity index (χ2n) is 4.70. The first-order valence-electron chi connectivity index (χ1n) is 6.76. The highest BCUT2D eigenvalue weighted by molar-refractivity contribution is 5.62. The Morgan fingerprint density at radius 1 is 0.619 bits per heavy atom. The first-order valence-corrected chi connectivity index (χ1v) is 6.76. The summed E-state index contributed by atoms with van der Waals surface area (Å²) in [6.45, 7) is 1.73. The van der Waals surface area contributed by atoms with E-state index >= 15 is 0 Å². The van der Waals surface area contributed by atoms with Gasteiger partial charge in [-0.15, -0.1) is 0 Å². The summed E-state index contributed by atoms with van der Waals surface area (Å²) >= 11 is 0. The lowest BCUT2D eigenvalue weighted by Gasteiger charge is -1.98. The molecule has 0 radical (unpaired) electrons. The van der Waals surface area contributed by atoms with Crippen LogP contribution in [0.3, 0.4) is 0 Å². The molecule has 21 heavy (non-hydrogen) atoms. The van der Waals surface area contributed by atoms with Crippen LogP contribution in [0.1, 0.15) is 5.56 Å². The summed E-state index contributed by atoms with van der Waals surface area (Å²) < 4.78 is 0. The predicted octanol–water partition coefficient (Wildman–Crippen LogP) is 4.76. The van der Waals surface area contributed by atoms with Gasteiger partial charge >= 0.3 is 0 Å². The van der Waals surface area contributed by atoms with Gasteiger partial charge < -0.3 is 10.2 Å². The van der Waals surface area contributed by atoms with E-state index in [1.165, 1.54) is 29.3 Å². The molecule has 2 heteroatoms. The van der Waals surface area contributed by atoms with Crippen molar-refractivity contribution in [2.24, 2.45) is 0 Å². The Morgan fingerprint density at radius 2 is 1.10 bits per heavy atom. The summed E-state index contributed by atoms with van der Waals surface area (Å²) in [6, 6.07) is 25.2. The first kappa shape index (κ1) is 14.7. The molecule has 0 aliphatic carbocycles. The van der Waals surface area contributed by atoms with Gasteiger partial charge in [0.15, 0.2) is 0 Å². The molecule has 0 bridgehead atoms. The molecule has 3 aromatic rings. The molecule has 2 nitrogen and oxygen atoms in total. The van der Waals surface area contributed by atoms with E-state index in [9.17, 15) is 0 Å². The average molecular weight is 278 g/mol. The maximum Gasteiger partial charge on any atom is 0.118 e. The molecule has 3 aromatic carbocycles. The van der Waals surface area contributed by atoms with Crippen molar-refractivity contribution in [2.75, 3.05) is 0 Å². The van der Waals surface area contributed by atoms with Gasteiger partial charge in [-0.3, -0.25) is 0 Å². The Labute approximate surface area is 125 Å². The van der Waals surface area contributed by atoms with Crippen LogP contribution in [0.4, 0.5) is 0 Å². The minimum absolute atomic E-state index is 0.185. The highest BCUT2D eigenvalue weighted by Gasteiger charge is 1.93. The molecular formula is C19H18O2. The molecule has 0 unspecified atom stereocenters. The molecule has 0 heterocycles. The average Bonchev–Trinajstić information content (AvgIpc) is 2.54. The minimum Gasteiger partial charge on any atom is -0.508 e. The number of aromatic hydroxyl groups is 2. The molecule has 3 rings (SSSR count). The summed E-state index contributed by atoms with van der Waals surface area (Å²) in [5.74, 6) is 0.401. The van der Waals surface area contributed by atoms with E-state index in [1.54, 1.807) is 6.92 Å². The molecule has 0 aliphatic rings. The van der Waals surface area contributed by atoms with Crippen LogP contribution < -0.4 is 0 Å². The molecule has 0 saturated carbocycles. The number of phenols is 2. The Morgan fingerprint density at radius 3 is 1.48 bits per heavy atom. The fourth-order valence-electron chi connectivity index (χ4n) is 1.90. The van der Waals surface area contributed by atoms with Gasteiger partial charge in [-0.05, 0) is 41.8 Å². The van der Waals surface area contributed by atoms with Crippen molar-refractivity contribution in [2.45, 2.75) is 6.92 Å². The number of benzene rings is 3. The Balaban J connectivity index is 0.000000161. The van der Waals surface area contributed by atoms with Gasteiger partial charge in [0.2, 0.25) is 0 Å². The van der Waals surface area contributed by atoms with Crippen LogP contribution in [0.15, 0.2) is 78.9 Å². The summed E-state index contributed by atoms with van der Waals surface area (Å²) in [5, 5.41) is 17.8. The van der Waals surface area contributed by atoms with Crippen molar-refractivity contribution in [1.82, 2.24) is 0 Å². The van der Waals surface area contributed by atoms with Crippen LogP contribution in [0, 0.1) is 6.92 Å². The zero-order chi connectivity index (χ0) is 15.1. The lowest BCUT2D eigenvalue weighted by Crippen LogP contribution is -1.73. The molecule has 0 fully saturated rings. The minimum atomic E-state index is 0.185. The van der Waals surface area contributed by atoms with E-state index in [2.05, 4.69) is 48.5 Å². The lowest BCUT2D eigenvalue weighted by atomic mass is 10.1. The van der Waals surface area contributed by atoms with E-state index in [1.807, 2.05) is 12.1 Å². The van der Waals surface area contributed by atoms with Crippen molar-refractivity contribution < 1.29 is 10.2 Å². The highest BCUT2D eigenvalue weighted by atomic mass is 16.3. The van der Waals surface area contributed by atoms with E-state index in [-0.39, 0.29) is 11.5 Å². The van der Waals surface area contributed by atoms with Gasteiger partial charge in [-0.25, -0.2) is 0 Å². The summed E-state index contributed by atoms with van der Waals surface area (Å²) in [5.41, 5.74) is 3.24. The van der Waals surface area contributed by atoms with Crippen LogP contribution in [-0.2, 0) is 0 Å². The molecule has 0 saturated heterocycles. The highest BCUT2D eigenvalue weighted by Crippen LogP contribution is 2.20. The summed E-state index contributed by atoms with van der Waals surface area (Å²) in [4.78, 5) is 0. The molecule has 0 amide bonds. The second-order valence-corrected chi connectivity index (χ2v) is 4.70. The fourth-order valence-corrected chi connectivity index (χ4v) is 1.90. The Hall–Kier alpha value is -2.74. The van der Waals surface area contributed by atoms with Gasteiger partial charge in [0.1, 0.15) is 11.5 Å². The van der Waals surface area contributed by atoms with Crippen LogP contribution in [-0.4, -0.2) is 10.2 Å². The third-order valence-corrected chi connectivity index (χ3v) is 3.06. The molecule has 0 atom stereocenters. The number of rotatable bonds is 1. The van der Waals surface area contributed by atoms with E-state index in [0.717, 1.165) is 0 Å². The van der Waals surface area contributed by atoms with Crippen molar-refractivity contribution in [3.63, 3.8) is 0 Å². The Bertz CT molecular complexity index is 639. The molecule has 0 aromatic heterocycles. The normalized spacial score (nSPS) is 9.57. The molecule has 0 aliphatic heterocycles. The van der Waals surface area contributed by atoms with Gasteiger partial charge in [0.05, 0.1) is 0 Å². The van der Waals surface area contributed by atoms with Crippen LogP contribution in [0.2, 0.25) is 0 Å². The summed E-state index contributed by atoms with van der Waals surface area (Å²) in [7, 11) is 0. The van der Waals surface area contributed by atoms with Gasteiger partial charge in [0, 0.05) is 0 Å². The van der Waals surface area contributed by atoms with Crippen LogP contribution in [0.5, 0.6) is 11.5 Å². The van der Waals surface area contributed by atoms with E-state index < -0.39 is 0 Å². The van der Waals surface area contributed by atoms with Crippen molar-refractivity contribution in [1.29, 1.82) is 0 Å². The molecule has 106 valence electrons. The molecular weight excluding hydrogens is 260 g/mol. The SMILES string of the molecule is Cc1cc(O)ccc1O.c1ccc(-c2ccccc2)cc1. The zero-order valence-electron chi connectivity index (χ0n) is 11.9. The smallest absolute Gasteiger partial charge is 0.118 e. The molecule has 2 N–H and O–H groups in total. The standard InChI is InChI=1S/C12H10.C7H8O2/c1-3-7-11(8-4-1)12-9-5-2-6-10-12;1-5-4-6(8)2-3-7(5)9/h1-10H;2-4,8-9H,1H3. The fraction of sp³-hybridized carbons (Fsp3) is 0.0526. The molecule has 0 spiro atoms. The van der Waals surface area contributed by atoms with Gasteiger partial charge in [0.25, 0.3) is 0 Å². The van der Waals surface area contributed by atoms with E-state index in [0.29, 0.717) is 5.56 Å². The zero-order valence-corrected chi connectivity index (χ0v) is 11.9. The lowest BCUT2D eigenvalue weighted by molar-refractivity contribution is 0.456. The number of hydrogen-bond donors (Lipinski definition) is 2. The van der Waals surface area contributed by atoms with Gasteiger partial charge in [-0.2, -0.15) is 0 Å². The quantitative estimate of drug-likeness (QED) is 0.630. The topological polar surface area (TPSA) is 40.5 Å². The van der Waals surface area contributed by atoms with E-state index in [4.69, 9.17) is 10.2 Å². The number of aryl methyl sites for hydroxylation is 1. The van der Waals surface area contributed by atoms with Crippen LogP contribution in [0.25, 0.3) is 11.1 Å². The maximum atomic E-state index is 8.93. The van der Waals surface area contributed by atoms with Crippen molar-refractivity contribution >= 4 is 0 Å². The van der Waals surface area contributed by atoms with Crippen molar-refractivity contribution in [3.8, 4) is 22.6 Å². The Kier molecular flexibility index (Phi) is 4.99. The maximum absolute atomic E-state index is 8.93. The van der Waals surface area contributed by atoms with Crippen LogP contribution >= 0.6 is 0 Å². The largest absolute Gasteiger partial charge is 0.508 e.